The second-order valence-electron chi connectivity index (χ2n) is 13.4. The van der Waals surface area contributed by atoms with Gasteiger partial charge in [0.1, 0.15) is 0 Å². The molecule has 1 fully saturated rings. The summed E-state index contributed by atoms with van der Waals surface area (Å²) < 4.78 is 9.36. The minimum absolute atomic E-state index is 0.251. The zero-order valence-corrected chi connectivity index (χ0v) is 28.9. The molecular formula is C36H43ClN8O3. The minimum Gasteiger partial charge on any atom is -0.381 e. The summed E-state index contributed by atoms with van der Waals surface area (Å²) in [7, 11) is 5.87. The van der Waals surface area contributed by atoms with Crippen LogP contribution in [0.4, 0.5) is 11.4 Å². The van der Waals surface area contributed by atoms with Crippen LogP contribution in [-0.4, -0.2) is 80.6 Å². The van der Waals surface area contributed by atoms with Gasteiger partial charge in [-0.25, -0.2) is 9.97 Å². The molecule has 2 amide bonds. The number of nitrogens with one attached hydrogen (secondary N) is 2. The highest BCUT2D eigenvalue weighted by Crippen LogP contribution is 2.38. The fraction of sp³-hybridized carbons (Fsp3) is 0.444. The van der Waals surface area contributed by atoms with E-state index in [4.69, 9.17) is 21.3 Å². The summed E-state index contributed by atoms with van der Waals surface area (Å²) >= 11 is 6.95. The van der Waals surface area contributed by atoms with E-state index >= 15 is 0 Å². The number of imidazole rings is 2. The minimum atomic E-state index is -0.309. The molecule has 48 heavy (non-hydrogen) atoms. The number of halogens is 1. The average molecular weight is 671 g/mol. The molecule has 0 radical (unpaired) electrons. The molecule has 12 heteroatoms. The molecule has 0 spiro atoms. The predicted molar refractivity (Wildman–Crippen MR) is 187 cm³/mol. The zero-order valence-electron chi connectivity index (χ0n) is 28.1. The largest absolute Gasteiger partial charge is 0.381 e. The smallest absolute Gasteiger partial charge is 0.291 e. The quantitative estimate of drug-likeness (QED) is 0.283. The van der Waals surface area contributed by atoms with Gasteiger partial charge in [-0.1, -0.05) is 35.9 Å². The van der Waals surface area contributed by atoms with Crippen molar-refractivity contribution in [1.29, 1.82) is 0 Å². The number of ether oxygens (including phenoxy) is 1. The van der Waals surface area contributed by atoms with E-state index in [0.717, 1.165) is 111 Å². The fourth-order valence-electron chi connectivity index (χ4n) is 7.35. The molecule has 4 aromatic rings. The van der Waals surface area contributed by atoms with Gasteiger partial charge in [-0.05, 0) is 56.0 Å². The zero-order chi connectivity index (χ0) is 33.5. The van der Waals surface area contributed by atoms with E-state index in [2.05, 4.69) is 32.5 Å². The summed E-state index contributed by atoms with van der Waals surface area (Å²) in [5.41, 5.74) is 7.76. The number of nitrogens with zero attached hydrogens (tertiary/aromatic N) is 6. The summed E-state index contributed by atoms with van der Waals surface area (Å²) in [6, 6.07) is 11.3. The van der Waals surface area contributed by atoms with Crippen molar-refractivity contribution in [3.63, 3.8) is 0 Å². The van der Waals surface area contributed by atoms with Crippen LogP contribution in [0.15, 0.2) is 36.4 Å². The molecule has 0 bridgehead atoms. The summed E-state index contributed by atoms with van der Waals surface area (Å²) in [5.74, 6) is 0.861. The SMILES string of the molecule is Cc1c(NC(=O)c2nc3c(n2C)CCN(CC2CCOCC2)C3)cccc1-c1cccc(NC(=O)c2nc3c(n2C)CCN(C)C3)c1Cl. The molecule has 0 saturated carbocycles. The third kappa shape index (κ3) is 6.27. The van der Waals surface area contributed by atoms with Crippen LogP contribution < -0.4 is 10.6 Å². The van der Waals surface area contributed by atoms with Crippen LogP contribution in [-0.2, 0) is 44.8 Å². The number of carbonyl (C=O) groups excluding carboxylic acids is 2. The highest BCUT2D eigenvalue weighted by atomic mass is 35.5. The van der Waals surface area contributed by atoms with Gasteiger partial charge in [0.05, 0.1) is 22.1 Å². The van der Waals surface area contributed by atoms with Crippen molar-refractivity contribution in [2.24, 2.45) is 20.0 Å². The molecule has 3 aliphatic rings. The van der Waals surface area contributed by atoms with E-state index in [-0.39, 0.29) is 11.8 Å². The van der Waals surface area contributed by atoms with Gasteiger partial charge < -0.3 is 29.4 Å². The van der Waals surface area contributed by atoms with Crippen LogP contribution in [0.25, 0.3) is 11.1 Å². The lowest BCUT2D eigenvalue weighted by atomic mass is 9.98. The number of likely N-dealkylation sites (N-methyl/N-ethyl adjacent to an activating group) is 1. The van der Waals surface area contributed by atoms with Crippen molar-refractivity contribution in [1.82, 2.24) is 28.9 Å². The number of hydrogen-bond acceptors (Lipinski definition) is 7. The standard InChI is InChI=1S/C36H43ClN8O3/c1-22-24(25-8-6-10-27(32(25)37)41-36(47)34-38-28-20-42(2)15-11-30(28)43(34)3)7-5-9-26(22)40-35(46)33-39-29-21-45(16-12-31(29)44(33)4)19-23-13-17-48-18-14-23/h5-10,23H,11-21H2,1-4H3,(H,40,46)(H,41,47). The van der Waals surface area contributed by atoms with E-state index in [0.29, 0.717) is 34.0 Å². The van der Waals surface area contributed by atoms with Gasteiger partial charge >= 0.3 is 0 Å². The molecule has 252 valence electrons. The van der Waals surface area contributed by atoms with Crippen LogP contribution in [0.2, 0.25) is 5.02 Å². The number of fused-ring (bicyclic) bond motifs is 2. The Morgan fingerprint density at radius 2 is 1.42 bits per heavy atom. The molecule has 2 N–H and O–H groups in total. The number of benzene rings is 2. The first-order chi connectivity index (χ1) is 23.2. The molecule has 2 aromatic carbocycles. The Bertz CT molecular complexity index is 1870. The maximum Gasteiger partial charge on any atom is 0.291 e. The van der Waals surface area contributed by atoms with Gasteiger partial charge in [0.15, 0.2) is 11.6 Å². The van der Waals surface area contributed by atoms with Gasteiger partial charge in [0.25, 0.3) is 11.8 Å². The van der Waals surface area contributed by atoms with Gasteiger partial charge in [-0.3, -0.25) is 14.5 Å². The number of anilines is 2. The second-order valence-corrected chi connectivity index (χ2v) is 13.7. The Balaban J connectivity index is 1.07. The van der Waals surface area contributed by atoms with E-state index in [1.807, 2.05) is 60.5 Å². The van der Waals surface area contributed by atoms with Crippen molar-refractivity contribution < 1.29 is 14.3 Å². The maximum absolute atomic E-state index is 13.6. The number of carbonyl (C=O) groups is 2. The molecule has 1 saturated heterocycles. The van der Waals surface area contributed by atoms with Crippen molar-refractivity contribution in [3.05, 3.63) is 81.4 Å². The lowest BCUT2D eigenvalue weighted by Gasteiger charge is -2.31. The van der Waals surface area contributed by atoms with Gasteiger partial charge in [0, 0.05) is 95.5 Å². The third-order valence-corrected chi connectivity index (χ3v) is 10.6. The van der Waals surface area contributed by atoms with Crippen molar-refractivity contribution in [2.75, 3.05) is 50.5 Å². The lowest BCUT2D eigenvalue weighted by molar-refractivity contribution is 0.0503. The summed E-state index contributed by atoms with van der Waals surface area (Å²) in [5, 5.41) is 6.51. The first-order valence-electron chi connectivity index (χ1n) is 16.8. The summed E-state index contributed by atoms with van der Waals surface area (Å²) in [4.78, 5) is 41.2. The molecule has 0 aliphatic carbocycles. The first-order valence-corrected chi connectivity index (χ1v) is 17.1. The Labute approximate surface area is 286 Å². The van der Waals surface area contributed by atoms with Gasteiger partial charge in [-0.15, -0.1) is 0 Å². The van der Waals surface area contributed by atoms with Gasteiger partial charge in [0.2, 0.25) is 0 Å². The molecule has 0 atom stereocenters. The fourth-order valence-corrected chi connectivity index (χ4v) is 7.63. The number of aromatic nitrogens is 4. The summed E-state index contributed by atoms with van der Waals surface area (Å²) in [6.45, 7) is 8.07. The maximum atomic E-state index is 13.6. The predicted octanol–water partition coefficient (Wildman–Crippen LogP) is 5.06. The molecule has 0 unspecified atom stereocenters. The lowest BCUT2D eigenvalue weighted by Crippen LogP contribution is -2.36. The normalized spacial score (nSPS) is 17.2. The molecule has 5 heterocycles. The van der Waals surface area contributed by atoms with Gasteiger partial charge in [-0.2, -0.15) is 0 Å². The average Bonchev–Trinajstić information content (AvgIpc) is 3.59. The molecular weight excluding hydrogens is 628 g/mol. The molecule has 7 rings (SSSR count). The van der Waals surface area contributed by atoms with E-state index < -0.39 is 0 Å². The third-order valence-electron chi connectivity index (χ3n) is 10.2. The van der Waals surface area contributed by atoms with E-state index in [1.54, 1.807) is 6.07 Å². The molecule has 11 nitrogen and oxygen atoms in total. The molecule has 2 aromatic heterocycles. The van der Waals surface area contributed by atoms with Crippen molar-refractivity contribution in [3.8, 4) is 11.1 Å². The Morgan fingerprint density at radius 1 is 0.833 bits per heavy atom. The molecule has 3 aliphatic heterocycles. The van der Waals surface area contributed by atoms with Crippen LogP contribution in [0.5, 0.6) is 0 Å². The van der Waals surface area contributed by atoms with Crippen LogP contribution in [0, 0.1) is 12.8 Å². The number of hydrogen-bond donors (Lipinski definition) is 2. The highest BCUT2D eigenvalue weighted by molar-refractivity contribution is 6.36. The van der Waals surface area contributed by atoms with E-state index in [9.17, 15) is 9.59 Å². The number of amides is 2. The topological polar surface area (TPSA) is 110 Å². The first kappa shape index (κ1) is 32.5. The second kappa shape index (κ2) is 13.5. The number of rotatable bonds is 7. The van der Waals surface area contributed by atoms with Crippen LogP contribution in [0.1, 0.15) is 62.4 Å². The van der Waals surface area contributed by atoms with Crippen LogP contribution >= 0.6 is 11.6 Å². The van der Waals surface area contributed by atoms with Crippen LogP contribution in [0.3, 0.4) is 0 Å². The van der Waals surface area contributed by atoms with Crippen molar-refractivity contribution in [2.45, 2.75) is 45.7 Å². The Morgan fingerprint density at radius 3 is 2.10 bits per heavy atom. The van der Waals surface area contributed by atoms with E-state index in [1.165, 1.54) is 0 Å². The highest BCUT2D eigenvalue weighted by Gasteiger charge is 2.28. The monoisotopic (exact) mass is 670 g/mol. The Hall–Kier alpha value is -4.03. The summed E-state index contributed by atoms with van der Waals surface area (Å²) in [6.07, 6.45) is 3.93. The van der Waals surface area contributed by atoms with Crippen molar-refractivity contribution >= 4 is 34.8 Å². The Kier molecular flexibility index (Phi) is 9.12.